The number of rotatable bonds is 5. The van der Waals surface area contributed by atoms with E-state index in [4.69, 9.17) is 15.6 Å². The van der Waals surface area contributed by atoms with Crippen molar-refractivity contribution in [2.24, 2.45) is 5.73 Å². The van der Waals surface area contributed by atoms with Crippen LogP contribution in [0, 0.1) is 13.8 Å². The molecule has 0 spiro atoms. The van der Waals surface area contributed by atoms with Crippen molar-refractivity contribution in [2.45, 2.75) is 53.1 Å². The fourth-order valence-electron chi connectivity index (χ4n) is 5.18. The van der Waals surface area contributed by atoms with Crippen LogP contribution in [0.25, 0.3) is 16.9 Å². The predicted molar refractivity (Wildman–Crippen MR) is 153 cm³/mol. The van der Waals surface area contributed by atoms with Gasteiger partial charge in [0.2, 0.25) is 0 Å². The van der Waals surface area contributed by atoms with Crippen molar-refractivity contribution in [1.82, 2.24) is 9.78 Å². The molecular weight excluding hydrogens is 474 g/mol. The van der Waals surface area contributed by atoms with E-state index in [1.807, 2.05) is 41.1 Å². The SMILES string of the molecule is COc1cccc(C)c1-n1nc2c(c1-c1ccc(NC(N)=O)cc1)CN(c1cc(C(C)(C)C)ccc1C)C2. The van der Waals surface area contributed by atoms with E-state index < -0.39 is 6.03 Å². The third kappa shape index (κ3) is 4.60. The minimum absolute atomic E-state index is 0.0683. The monoisotopic (exact) mass is 509 g/mol. The van der Waals surface area contributed by atoms with Gasteiger partial charge in [0, 0.05) is 29.0 Å². The molecule has 4 aromatic rings. The van der Waals surface area contributed by atoms with Crippen molar-refractivity contribution >= 4 is 17.4 Å². The molecule has 0 bridgehead atoms. The van der Waals surface area contributed by atoms with Crippen molar-refractivity contribution < 1.29 is 9.53 Å². The van der Waals surface area contributed by atoms with Gasteiger partial charge in [-0.05, 0) is 60.2 Å². The minimum Gasteiger partial charge on any atom is -0.494 e. The third-order valence-electron chi connectivity index (χ3n) is 7.23. The summed E-state index contributed by atoms with van der Waals surface area (Å²) >= 11 is 0. The Morgan fingerprint density at radius 3 is 2.39 bits per heavy atom. The van der Waals surface area contributed by atoms with Crippen molar-refractivity contribution in [3.63, 3.8) is 0 Å². The Morgan fingerprint density at radius 1 is 1.00 bits per heavy atom. The Balaban J connectivity index is 1.63. The van der Waals surface area contributed by atoms with Crippen LogP contribution in [0.3, 0.4) is 0 Å². The Bertz CT molecular complexity index is 1510. The minimum atomic E-state index is -0.586. The fourth-order valence-corrected chi connectivity index (χ4v) is 5.18. The van der Waals surface area contributed by atoms with Gasteiger partial charge in [0.1, 0.15) is 11.4 Å². The molecule has 1 aliphatic heterocycles. The standard InChI is InChI=1S/C31H35N5O2/c1-19-10-13-22(31(3,4)5)16-26(19)35-17-24-25(18-35)34-36(28-20(2)8-7-9-27(28)38-6)29(24)21-11-14-23(15-12-21)33-30(32)37/h7-16H,17-18H2,1-6H3,(H3,32,33,37). The molecule has 0 atom stereocenters. The van der Waals surface area contributed by atoms with Gasteiger partial charge in [-0.15, -0.1) is 0 Å². The fraction of sp³-hybridized carbons (Fsp3) is 0.290. The van der Waals surface area contributed by atoms with E-state index in [2.05, 4.69) is 69.1 Å². The van der Waals surface area contributed by atoms with Crippen LogP contribution in [0.15, 0.2) is 60.7 Å². The van der Waals surface area contributed by atoms with Crippen LogP contribution in [-0.2, 0) is 18.5 Å². The number of aryl methyl sites for hydroxylation is 2. The number of primary amides is 1. The predicted octanol–water partition coefficient (Wildman–Crippen LogP) is 6.47. The Labute approximate surface area is 224 Å². The third-order valence-corrected chi connectivity index (χ3v) is 7.23. The van der Waals surface area contributed by atoms with Gasteiger partial charge in [-0.2, -0.15) is 5.10 Å². The number of carbonyl (C=O) groups excluding carboxylic acids is 1. The number of hydrogen-bond acceptors (Lipinski definition) is 4. The van der Waals surface area contributed by atoms with Crippen LogP contribution in [0.5, 0.6) is 5.75 Å². The summed E-state index contributed by atoms with van der Waals surface area (Å²) in [5.74, 6) is 0.769. The van der Waals surface area contributed by atoms with Crippen molar-refractivity contribution in [1.29, 1.82) is 0 Å². The van der Waals surface area contributed by atoms with Gasteiger partial charge in [0.05, 0.1) is 25.0 Å². The molecule has 5 rings (SSSR count). The Morgan fingerprint density at radius 2 is 1.74 bits per heavy atom. The van der Waals surface area contributed by atoms with Gasteiger partial charge in [0.15, 0.2) is 0 Å². The molecule has 3 N–H and O–H groups in total. The highest BCUT2D eigenvalue weighted by Crippen LogP contribution is 2.40. The summed E-state index contributed by atoms with van der Waals surface area (Å²) in [5.41, 5.74) is 16.1. The van der Waals surface area contributed by atoms with Gasteiger partial charge < -0.3 is 20.7 Å². The maximum atomic E-state index is 11.3. The zero-order valence-electron chi connectivity index (χ0n) is 22.9. The van der Waals surface area contributed by atoms with Gasteiger partial charge in [-0.25, -0.2) is 9.48 Å². The summed E-state index contributed by atoms with van der Waals surface area (Å²) < 4.78 is 7.77. The van der Waals surface area contributed by atoms with E-state index >= 15 is 0 Å². The molecule has 2 heterocycles. The average Bonchev–Trinajstić information content (AvgIpc) is 3.41. The first-order valence-electron chi connectivity index (χ1n) is 12.8. The zero-order chi connectivity index (χ0) is 27.2. The Hall–Kier alpha value is -4.26. The summed E-state index contributed by atoms with van der Waals surface area (Å²) in [6, 6.07) is 19.9. The van der Waals surface area contributed by atoms with Gasteiger partial charge in [-0.3, -0.25) is 0 Å². The average molecular weight is 510 g/mol. The normalized spacial score (nSPS) is 12.9. The first kappa shape index (κ1) is 25.4. The van der Waals surface area contributed by atoms with E-state index in [9.17, 15) is 4.79 Å². The second-order valence-electron chi connectivity index (χ2n) is 11.0. The molecule has 0 saturated carbocycles. The highest BCUT2D eigenvalue weighted by atomic mass is 16.5. The summed E-state index contributed by atoms with van der Waals surface area (Å²) in [6.45, 7) is 12.4. The Kier molecular flexibility index (Phi) is 6.39. The molecule has 1 aliphatic rings. The second-order valence-corrected chi connectivity index (χ2v) is 11.0. The number of para-hydroxylation sites is 1. The lowest BCUT2D eigenvalue weighted by Gasteiger charge is -2.26. The molecule has 7 nitrogen and oxygen atoms in total. The largest absolute Gasteiger partial charge is 0.494 e. The molecular formula is C31H35N5O2. The zero-order valence-corrected chi connectivity index (χ0v) is 22.9. The topological polar surface area (TPSA) is 85.4 Å². The van der Waals surface area contributed by atoms with E-state index in [-0.39, 0.29) is 5.41 Å². The molecule has 7 heteroatoms. The first-order chi connectivity index (χ1) is 18.1. The number of nitrogens with one attached hydrogen (secondary N) is 1. The van der Waals surface area contributed by atoms with Crippen LogP contribution < -0.4 is 20.7 Å². The number of fused-ring (bicyclic) bond motifs is 1. The number of benzene rings is 3. The molecule has 0 aliphatic carbocycles. The number of anilines is 2. The second kappa shape index (κ2) is 9.56. The summed E-state index contributed by atoms with van der Waals surface area (Å²) in [4.78, 5) is 13.8. The van der Waals surface area contributed by atoms with E-state index in [0.717, 1.165) is 47.0 Å². The van der Waals surface area contributed by atoms with E-state index in [1.165, 1.54) is 22.4 Å². The number of hydrogen-bond donors (Lipinski definition) is 2. The molecule has 38 heavy (non-hydrogen) atoms. The van der Waals surface area contributed by atoms with Crippen LogP contribution in [0.2, 0.25) is 0 Å². The van der Waals surface area contributed by atoms with Crippen LogP contribution in [-0.4, -0.2) is 22.9 Å². The van der Waals surface area contributed by atoms with Crippen molar-refractivity contribution in [3.8, 4) is 22.7 Å². The lowest BCUT2D eigenvalue weighted by atomic mass is 9.86. The number of urea groups is 1. The van der Waals surface area contributed by atoms with Gasteiger partial charge in [0.25, 0.3) is 0 Å². The summed E-state index contributed by atoms with van der Waals surface area (Å²) in [5, 5.41) is 7.80. The maximum absolute atomic E-state index is 11.3. The highest BCUT2D eigenvalue weighted by Gasteiger charge is 2.31. The summed E-state index contributed by atoms with van der Waals surface area (Å²) in [7, 11) is 1.69. The number of carbonyl (C=O) groups is 1. The van der Waals surface area contributed by atoms with Gasteiger partial charge in [-0.1, -0.05) is 57.2 Å². The highest BCUT2D eigenvalue weighted by molar-refractivity contribution is 5.88. The quantitative estimate of drug-likeness (QED) is 0.323. The molecule has 196 valence electrons. The molecule has 0 unspecified atom stereocenters. The molecule has 2 amide bonds. The van der Waals surface area contributed by atoms with E-state index in [1.54, 1.807) is 7.11 Å². The molecule has 1 aromatic heterocycles. The molecule has 0 radical (unpaired) electrons. The lowest BCUT2D eigenvalue weighted by molar-refractivity contribution is 0.259. The van der Waals surface area contributed by atoms with Crippen LogP contribution in [0.1, 0.15) is 48.7 Å². The van der Waals surface area contributed by atoms with Crippen LogP contribution >= 0.6 is 0 Å². The number of aromatic nitrogens is 2. The first-order valence-corrected chi connectivity index (χ1v) is 12.8. The summed E-state index contributed by atoms with van der Waals surface area (Å²) in [6.07, 6.45) is 0. The maximum Gasteiger partial charge on any atom is 0.316 e. The number of amides is 2. The number of nitrogens with zero attached hydrogens (tertiary/aromatic N) is 3. The molecule has 3 aromatic carbocycles. The molecule has 0 fully saturated rings. The number of ether oxygens (including phenoxy) is 1. The molecule has 0 saturated heterocycles. The number of nitrogens with two attached hydrogens (primary N) is 1. The van der Waals surface area contributed by atoms with E-state index in [0.29, 0.717) is 5.69 Å². The van der Waals surface area contributed by atoms with Crippen LogP contribution in [0.4, 0.5) is 16.2 Å². The van der Waals surface area contributed by atoms with Gasteiger partial charge >= 0.3 is 6.03 Å². The lowest BCUT2D eigenvalue weighted by Crippen LogP contribution is -2.20. The van der Waals surface area contributed by atoms with Crippen molar-refractivity contribution in [3.05, 3.63) is 88.6 Å². The smallest absolute Gasteiger partial charge is 0.316 e. The number of methoxy groups -OCH3 is 1. The van der Waals surface area contributed by atoms with Crippen molar-refractivity contribution in [2.75, 3.05) is 17.3 Å².